The van der Waals surface area contributed by atoms with Crippen LogP contribution >= 0.6 is 0 Å². The Labute approximate surface area is 109 Å². The van der Waals surface area contributed by atoms with Crippen molar-refractivity contribution in [1.29, 1.82) is 0 Å². The van der Waals surface area contributed by atoms with Crippen molar-refractivity contribution in [1.82, 2.24) is 10.2 Å². The summed E-state index contributed by atoms with van der Waals surface area (Å²) in [6, 6.07) is 0.132. The van der Waals surface area contributed by atoms with Gasteiger partial charge < -0.3 is 20.1 Å². The molecule has 0 bridgehead atoms. The molecule has 0 aromatic heterocycles. The van der Waals surface area contributed by atoms with E-state index in [0.717, 1.165) is 25.8 Å². The number of piperidine rings is 1. The van der Waals surface area contributed by atoms with Crippen molar-refractivity contribution in [2.45, 2.75) is 51.2 Å². The predicted octanol–water partition coefficient (Wildman–Crippen LogP) is 1.36. The molecule has 1 aliphatic heterocycles. The van der Waals surface area contributed by atoms with Gasteiger partial charge in [0.15, 0.2) is 0 Å². The second-order valence-electron chi connectivity index (χ2n) is 5.48. The van der Waals surface area contributed by atoms with E-state index < -0.39 is 0 Å². The van der Waals surface area contributed by atoms with Crippen LogP contribution in [-0.4, -0.2) is 54.5 Å². The van der Waals surface area contributed by atoms with Crippen LogP contribution in [0.2, 0.25) is 0 Å². The van der Waals surface area contributed by atoms with E-state index in [1.807, 2.05) is 18.7 Å². The summed E-state index contributed by atoms with van der Waals surface area (Å²) in [5, 5.41) is 11.9. The molecule has 2 N–H and O–H groups in total. The molecule has 1 rings (SSSR count). The lowest BCUT2D eigenvalue weighted by atomic mass is 10.00. The van der Waals surface area contributed by atoms with Gasteiger partial charge >= 0.3 is 6.03 Å². The van der Waals surface area contributed by atoms with Crippen molar-refractivity contribution < 1.29 is 14.6 Å². The molecule has 0 aromatic rings. The first-order valence-corrected chi connectivity index (χ1v) is 6.70. The number of amides is 2. The van der Waals surface area contributed by atoms with Crippen molar-refractivity contribution in [2.24, 2.45) is 0 Å². The normalized spacial score (nSPS) is 20.9. The maximum absolute atomic E-state index is 12.1. The Morgan fingerprint density at radius 2 is 2.22 bits per heavy atom. The van der Waals surface area contributed by atoms with Crippen LogP contribution < -0.4 is 5.32 Å². The molecule has 106 valence electrons. The lowest BCUT2D eigenvalue weighted by Crippen LogP contribution is -2.51. The standard InChI is InChI=1S/C13H26N2O3/c1-13(2,18-3)10-14-12(17)15-8-5-4-6-11(15)7-9-16/h11,16H,4-10H2,1-3H3,(H,14,17). The number of carbonyl (C=O) groups excluding carboxylic acids is 1. The van der Waals surface area contributed by atoms with Crippen LogP contribution in [0.4, 0.5) is 4.79 Å². The SMILES string of the molecule is COC(C)(C)CNC(=O)N1CCCCC1CCO. The zero-order chi connectivity index (χ0) is 13.6. The number of aliphatic hydroxyl groups is 1. The van der Waals surface area contributed by atoms with E-state index in [4.69, 9.17) is 9.84 Å². The first-order valence-electron chi connectivity index (χ1n) is 6.70. The van der Waals surface area contributed by atoms with Gasteiger partial charge in [0.1, 0.15) is 0 Å². The molecule has 1 aliphatic rings. The molecule has 0 radical (unpaired) electrons. The number of aliphatic hydroxyl groups excluding tert-OH is 1. The van der Waals surface area contributed by atoms with Gasteiger partial charge in [-0.1, -0.05) is 0 Å². The molecule has 1 unspecified atom stereocenters. The Bertz CT molecular complexity index is 267. The van der Waals surface area contributed by atoms with Gasteiger partial charge in [-0.2, -0.15) is 0 Å². The topological polar surface area (TPSA) is 61.8 Å². The number of hydrogen-bond donors (Lipinski definition) is 2. The molecule has 0 aliphatic carbocycles. The summed E-state index contributed by atoms with van der Waals surface area (Å²) in [4.78, 5) is 14.0. The number of likely N-dealkylation sites (tertiary alicyclic amines) is 1. The van der Waals surface area contributed by atoms with Crippen LogP contribution in [-0.2, 0) is 4.74 Å². The van der Waals surface area contributed by atoms with Crippen LogP contribution in [0.1, 0.15) is 39.5 Å². The lowest BCUT2D eigenvalue weighted by molar-refractivity contribution is 0.0232. The molecule has 5 heteroatoms. The summed E-state index contributed by atoms with van der Waals surface area (Å²) in [5.74, 6) is 0. The van der Waals surface area contributed by atoms with Crippen molar-refractivity contribution in [2.75, 3.05) is 26.8 Å². The summed E-state index contributed by atoms with van der Waals surface area (Å²) in [5.41, 5.74) is -0.349. The van der Waals surface area contributed by atoms with Gasteiger partial charge in [0.05, 0.1) is 5.60 Å². The summed E-state index contributed by atoms with van der Waals surface area (Å²) >= 11 is 0. The number of rotatable bonds is 5. The fraction of sp³-hybridized carbons (Fsp3) is 0.923. The van der Waals surface area contributed by atoms with Gasteiger partial charge in [0, 0.05) is 32.8 Å². The zero-order valence-electron chi connectivity index (χ0n) is 11.7. The van der Waals surface area contributed by atoms with Gasteiger partial charge in [0.2, 0.25) is 0 Å². The number of hydrogen-bond acceptors (Lipinski definition) is 3. The Hall–Kier alpha value is -0.810. The third-order valence-electron chi connectivity index (χ3n) is 3.57. The number of nitrogens with one attached hydrogen (secondary N) is 1. The third kappa shape index (κ3) is 4.46. The van der Waals surface area contributed by atoms with E-state index in [1.165, 1.54) is 0 Å². The van der Waals surface area contributed by atoms with E-state index >= 15 is 0 Å². The van der Waals surface area contributed by atoms with Gasteiger partial charge in [-0.25, -0.2) is 4.79 Å². The number of nitrogens with zero attached hydrogens (tertiary/aromatic N) is 1. The second-order valence-corrected chi connectivity index (χ2v) is 5.48. The largest absolute Gasteiger partial charge is 0.396 e. The third-order valence-corrected chi connectivity index (χ3v) is 3.57. The van der Waals surface area contributed by atoms with Crippen LogP contribution in [0.5, 0.6) is 0 Å². The van der Waals surface area contributed by atoms with E-state index in [9.17, 15) is 4.79 Å². The fourth-order valence-electron chi connectivity index (χ4n) is 2.18. The Kier molecular flexibility index (Phi) is 5.88. The monoisotopic (exact) mass is 258 g/mol. The van der Waals surface area contributed by atoms with Gasteiger partial charge in [-0.05, 0) is 39.5 Å². The van der Waals surface area contributed by atoms with Crippen LogP contribution in [0.25, 0.3) is 0 Å². The number of carbonyl (C=O) groups is 1. The maximum atomic E-state index is 12.1. The minimum Gasteiger partial charge on any atom is -0.396 e. The summed E-state index contributed by atoms with van der Waals surface area (Å²) in [6.07, 6.45) is 3.84. The van der Waals surface area contributed by atoms with E-state index in [2.05, 4.69) is 5.32 Å². The quantitative estimate of drug-likeness (QED) is 0.782. The lowest BCUT2D eigenvalue weighted by Gasteiger charge is -2.36. The molecule has 1 saturated heterocycles. The summed E-state index contributed by atoms with van der Waals surface area (Å²) in [7, 11) is 1.64. The molecule has 1 fully saturated rings. The molecule has 5 nitrogen and oxygen atoms in total. The predicted molar refractivity (Wildman–Crippen MR) is 70.5 cm³/mol. The van der Waals surface area contributed by atoms with E-state index in [-0.39, 0.29) is 24.3 Å². The first kappa shape index (κ1) is 15.2. The molecule has 1 heterocycles. The zero-order valence-corrected chi connectivity index (χ0v) is 11.7. The molecule has 0 aromatic carbocycles. The fourth-order valence-corrected chi connectivity index (χ4v) is 2.18. The summed E-state index contributed by atoms with van der Waals surface area (Å²) < 4.78 is 5.28. The molecule has 18 heavy (non-hydrogen) atoms. The van der Waals surface area contributed by atoms with Gasteiger partial charge in [-0.15, -0.1) is 0 Å². The Morgan fingerprint density at radius 3 is 2.83 bits per heavy atom. The maximum Gasteiger partial charge on any atom is 0.317 e. The highest BCUT2D eigenvalue weighted by Gasteiger charge is 2.27. The minimum absolute atomic E-state index is 0.0433. The molecular formula is C13H26N2O3. The highest BCUT2D eigenvalue weighted by molar-refractivity contribution is 5.74. The number of methoxy groups -OCH3 is 1. The summed E-state index contributed by atoms with van der Waals surface area (Å²) in [6.45, 7) is 5.29. The molecule has 0 spiro atoms. The minimum atomic E-state index is -0.349. The van der Waals surface area contributed by atoms with Gasteiger partial charge in [0.25, 0.3) is 0 Å². The van der Waals surface area contributed by atoms with Crippen LogP contribution in [0, 0.1) is 0 Å². The highest BCUT2D eigenvalue weighted by atomic mass is 16.5. The Balaban J connectivity index is 2.47. The second kappa shape index (κ2) is 6.95. The first-order chi connectivity index (χ1) is 8.50. The smallest absolute Gasteiger partial charge is 0.317 e. The molecular weight excluding hydrogens is 232 g/mol. The highest BCUT2D eigenvalue weighted by Crippen LogP contribution is 2.19. The van der Waals surface area contributed by atoms with Crippen molar-refractivity contribution >= 4 is 6.03 Å². The number of ether oxygens (including phenoxy) is 1. The average Bonchev–Trinajstić information content (AvgIpc) is 2.37. The molecule has 1 atom stereocenters. The number of urea groups is 1. The van der Waals surface area contributed by atoms with Crippen molar-refractivity contribution in [3.05, 3.63) is 0 Å². The van der Waals surface area contributed by atoms with E-state index in [1.54, 1.807) is 7.11 Å². The van der Waals surface area contributed by atoms with Crippen molar-refractivity contribution in [3.8, 4) is 0 Å². The van der Waals surface area contributed by atoms with Crippen LogP contribution in [0.3, 0.4) is 0 Å². The average molecular weight is 258 g/mol. The Morgan fingerprint density at radius 1 is 1.50 bits per heavy atom. The van der Waals surface area contributed by atoms with Crippen LogP contribution in [0.15, 0.2) is 0 Å². The molecule has 2 amide bonds. The van der Waals surface area contributed by atoms with Gasteiger partial charge in [-0.3, -0.25) is 0 Å². The van der Waals surface area contributed by atoms with E-state index in [0.29, 0.717) is 13.0 Å². The van der Waals surface area contributed by atoms with Crippen molar-refractivity contribution in [3.63, 3.8) is 0 Å². The molecule has 0 saturated carbocycles.